The fraction of sp³-hybridized carbons (Fsp3) is 0.385. The fourth-order valence-corrected chi connectivity index (χ4v) is 1.90. The summed E-state index contributed by atoms with van der Waals surface area (Å²) in [7, 11) is 0. The molecule has 0 aliphatic rings. The van der Waals surface area contributed by atoms with Crippen molar-refractivity contribution in [3.05, 3.63) is 29.8 Å². The number of ether oxygens (including phenoxy) is 1. The van der Waals surface area contributed by atoms with Gasteiger partial charge in [-0.05, 0) is 13.0 Å². The second kappa shape index (κ2) is 7.53. The summed E-state index contributed by atoms with van der Waals surface area (Å²) in [5.41, 5.74) is 0.292. The summed E-state index contributed by atoms with van der Waals surface area (Å²) in [6, 6.07) is 5.15. The zero-order valence-electron chi connectivity index (χ0n) is 11.2. The molecule has 0 fully saturated rings. The summed E-state index contributed by atoms with van der Waals surface area (Å²) in [6.45, 7) is -2.56. The van der Waals surface area contributed by atoms with Gasteiger partial charge in [-0.15, -0.1) is 0 Å². The molecule has 0 bridgehead atoms. The van der Waals surface area contributed by atoms with Gasteiger partial charge in [-0.3, -0.25) is 14.5 Å². The van der Waals surface area contributed by atoms with E-state index in [0.717, 1.165) is 4.90 Å². The molecule has 21 heavy (non-hydrogen) atoms. The minimum absolute atomic E-state index is 0.110. The Hall–Kier alpha value is -2.22. The Morgan fingerprint density at radius 3 is 2.19 bits per heavy atom. The van der Waals surface area contributed by atoms with Gasteiger partial charge in [0.2, 0.25) is 0 Å². The van der Waals surface area contributed by atoms with Crippen LogP contribution in [0.3, 0.4) is 0 Å². The van der Waals surface area contributed by atoms with Gasteiger partial charge in [0.05, 0.1) is 13.1 Å². The molecule has 0 amide bonds. The van der Waals surface area contributed by atoms with Crippen LogP contribution in [0.4, 0.5) is 8.78 Å². The van der Waals surface area contributed by atoms with E-state index in [1.165, 1.54) is 25.1 Å². The topological polar surface area (TPSA) is 87.1 Å². The van der Waals surface area contributed by atoms with E-state index in [9.17, 15) is 18.4 Å². The molecule has 0 saturated carbocycles. The van der Waals surface area contributed by atoms with Gasteiger partial charge in [0.25, 0.3) is 0 Å². The normalized spacial score (nSPS) is 12.4. The van der Waals surface area contributed by atoms with Crippen molar-refractivity contribution in [2.24, 2.45) is 0 Å². The first-order chi connectivity index (χ1) is 9.81. The summed E-state index contributed by atoms with van der Waals surface area (Å²) in [5.74, 6) is -2.54. The average Bonchev–Trinajstić information content (AvgIpc) is 2.36. The van der Waals surface area contributed by atoms with Crippen molar-refractivity contribution in [1.29, 1.82) is 0 Å². The molecular formula is C13H15F2NO5. The predicted octanol–water partition coefficient (Wildman–Crippen LogP) is 1.82. The van der Waals surface area contributed by atoms with Gasteiger partial charge in [-0.25, -0.2) is 0 Å². The molecule has 0 heterocycles. The summed E-state index contributed by atoms with van der Waals surface area (Å²) in [4.78, 5) is 22.7. The molecule has 6 nitrogen and oxygen atoms in total. The molecule has 0 radical (unpaired) electrons. The molecule has 0 aliphatic carbocycles. The Balaban J connectivity index is 3.04. The first-order valence-corrected chi connectivity index (χ1v) is 6.02. The van der Waals surface area contributed by atoms with E-state index < -0.39 is 37.7 Å². The van der Waals surface area contributed by atoms with Crippen LogP contribution in [0.2, 0.25) is 0 Å². The number of aliphatic carboxylic acids is 2. The van der Waals surface area contributed by atoms with Crippen LogP contribution in [0.5, 0.6) is 5.75 Å². The molecule has 1 rings (SSSR count). The van der Waals surface area contributed by atoms with Crippen molar-refractivity contribution >= 4 is 11.9 Å². The second-order valence-corrected chi connectivity index (χ2v) is 4.28. The lowest BCUT2D eigenvalue weighted by molar-refractivity contribution is -0.142. The van der Waals surface area contributed by atoms with Crippen molar-refractivity contribution < 1.29 is 33.3 Å². The Labute approximate surface area is 119 Å². The van der Waals surface area contributed by atoms with Gasteiger partial charge in [0.1, 0.15) is 5.75 Å². The van der Waals surface area contributed by atoms with Gasteiger partial charge < -0.3 is 14.9 Å². The maximum Gasteiger partial charge on any atom is 0.387 e. The van der Waals surface area contributed by atoms with Crippen LogP contribution >= 0.6 is 0 Å². The third-order valence-electron chi connectivity index (χ3n) is 2.81. The predicted molar refractivity (Wildman–Crippen MR) is 68.3 cm³/mol. The van der Waals surface area contributed by atoms with E-state index in [1.54, 1.807) is 6.07 Å². The third-order valence-corrected chi connectivity index (χ3v) is 2.81. The SMILES string of the molecule is CC(c1ccccc1OC(F)F)N(CC(=O)O)CC(=O)O. The molecule has 0 saturated heterocycles. The van der Waals surface area contributed by atoms with Crippen LogP contribution in [0.1, 0.15) is 18.5 Å². The number of para-hydroxylation sites is 1. The number of hydrogen-bond acceptors (Lipinski definition) is 4. The quantitative estimate of drug-likeness (QED) is 0.761. The van der Waals surface area contributed by atoms with E-state index in [-0.39, 0.29) is 5.75 Å². The average molecular weight is 303 g/mol. The van der Waals surface area contributed by atoms with Crippen molar-refractivity contribution in [3.63, 3.8) is 0 Å². The van der Waals surface area contributed by atoms with Crippen LogP contribution in [-0.2, 0) is 9.59 Å². The molecule has 2 N–H and O–H groups in total. The first-order valence-electron chi connectivity index (χ1n) is 6.02. The number of hydrogen-bond donors (Lipinski definition) is 2. The highest BCUT2D eigenvalue weighted by Gasteiger charge is 2.24. The Morgan fingerprint density at radius 2 is 1.71 bits per heavy atom. The molecule has 1 unspecified atom stereocenters. The van der Waals surface area contributed by atoms with Crippen molar-refractivity contribution in [2.45, 2.75) is 19.6 Å². The number of rotatable bonds is 8. The van der Waals surface area contributed by atoms with Gasteiger partial charge >= 0.3 is 18.6 Å². The third kappa shape index (κ3) is 5.35. The lowest BCUT2D eigenvalue weighted by atomic mass is 10.1. The smallest absolute Gasteiger partial charge is 0.387 e. The molecular weight excluding hydrogens is 288 g/mol. The van der Waals surface area contributed by atoms with Crippen LogP contribution in [0.25, 0.3) is 0 Å². The lowest BCUT2D eigenvalue weighted by Crippen LogP contribution is -2.36. The highest BCUT2D eigenvalue weighted by Crippen LogP contribution is 2.29. The Kier molecular flexibility index (Phi) is 6.04. The number of carboxylic acids is 2. The molecule has 0 aliphatic heterocycles. The molecule has 0 spiro atoms. The monoisotopic (exact) mass is 303 g/mol. The van der Waals surface area contributed by atoms with Crippen molar-refractivity contribution in [1.82, 2.24) is 4.90 Å². The van der Waals surface area contributed by atoms with Crippen LogP contribution in [0, 0.1) is 0 Å². The van der Waals surface area contributed by atoms with Crippen LogP contribution in [0.15, 0.2) is 24.3 Å². The molecule has 1 aromatic carbocycles. The fourth-order valence-electron chi connectivity index (χ4n) is 1.90. The maximum atomic E-state index is 12.4. The number of benzene rings is 1. The van der Waals surface area contributed by atoms with E-state index in [2.05, 4.69) is 4.74 Å². The van der Waals surface area contributed by atoms with Crippen LogP contribution < -0.4 is 4.74 Å². The standard InChI is InChI=1S/C13H15F2NO5/c1-8(16(6-11(17)18)7-12(19)20)9-4-2-3-5-10(9)21-13(14)15/h2-5,8,13H,6-7H2,1H3,(H,17,18)(H,19,20). The van der Waals surface area contributed by atoms with Crippen molar-refractivity contribution in [3.8, 4) is 5.75 Å². The van der Waals surface area contributed by atoms with Gasteiger partial charge in [-0.1, -0.05) is 18.2 Å². The second-order valence-electron chi connectivity index (χ2n) is 4.28. The highest BCUT2D eigenvalue weighted by atomic mass is 19.3. The number of carboxylic acid groups (broad SMARTS) is 2. The van der Waals surface area contributed by atoms with E-state index in [0.29, 0.717) is 5.56 Å². The zero-order chi connectivity index (χ0) is 16.0. The summed E-state index contributed by atoms with van der Waals surface area (Å²) < 4.78 is 29.1. The van der Waals surface area contributed by atoms with E-state index >= 15 is 0 Å². The molecule has 0 aromatic heterocycles. The first kappa shape index (κ1) is 16.8. The zero-order valence-corrected chi connectivity index (χ0v) is 11.2. The highest BCUT2D eigenvalue weighted by molar-refractivity contribution is 5.72. The van der Waals surface area contributed by atoms with E-state index in [1.807, 2.05) is 0 Å². The molecule has 1 aromatic rings. The largest absolute Gasteiger partial charge is 0.480 e. The Morgan fingerprint density at radius 1 is 1.19 bits per heavy atom. The minimum Gasteiger partial charge on any atom is -0.480 e. The summed E-state index contributed by atoms with van der Waals surface area (Å²) in [5, 5.41) is 17.6. The summed E-state index contributed by atoms with van der Waals surface area (Å²) >= 11 is 0. The van der Waals surface area contributed by atoms with Gasteiger partial charge in [0.15, 0.2) is 0 Å². The maximum absolute atomic E-state index is 12.4. The van der Waals surface area contributed by atoms with Gasteiger partial charge in [0, 0.05) is 11.6 Å². The number of halogens is 2. The number of carbonyl (C=O) groups is 2. The molecule has 116 valence electrons. The van der Waals surface area contributed by atoms with Gasteiger partial charge in [-0.2, -0.15) is 8.78 Å². The number of nitrogens with zero attached hydrogens (tertiary/aromatic N) is 1. The number of alkyl halides is 2. The Bertz CT molecular complexity index is 493. The lowest BCUT2D eigenvalue weighted by Gasteiger charge is -2.27. The molecule has 1 atom stereocenters. The van der Waals surface area contributed by atoms with Crippen molar-refractivity contribution in [2.75, 3.05) is 13.1 Å². The minimum atomic E-state index is -3.02. The van der Waals surface area contributed by atoms with E-state index in [4.69, 9.17) is 10.2 Å². The molecule has 8 heteroatoms. The van der Waals surface area contributed by atoms with Crippen LogP contribution in [-0.4, -0.2) is 46.8 Å². The summed E-state index contributed by atoms with van der Waals surface area (Å²) in [6.07, 6.45) is 0.